The zero-order valence-electron chi connectivity index (χ0n) is 9.08. The van der Waals surface area contributed by atoms with Gasteiger partial charge in [-0.05, 0) is 25.8 Å². The van der Waals surface area contributed by atoms with Gasteiger partial charge in [0.1, 0.15) is 0 Å². The normalized spacial score (nSPS) is 25.7. The highest BCUT2D eigenvalue weighted by Crippen LogP contribution is 2.46. The van der Waals surface area contributed by atoms with Crippen LogP contribution in [-0.2, 0) is 0 Å². The van der Waals surface area contributed by atoms with Crippen molar-refractivity contribution in [3.63, 3.8) is 0 Å². The second-order valence-corrected chi connectivity index (χ2v) is 5.52. The zero-order chi connectivity index (χ0) is 10.1. The van der Waals surface area contributed by atoms with Crippen molar-refractivity contribution in [3.05, 3.63) is 16.1 Å². The topological polar surface area (TPSA) is 24.9 Å². The van der Waals surface area contributed by atoms with Crippen molar-refractivity contribution >= 4 is 11.3 Å². The van der Waals surface area contributed by atoms with Crippen LogP contribution < -0.4 is 5.32 Å². The number of aromatic nitrogens is 1. The molecule has 78 valence electrons. The second kappa shape index (κ2) is 3.99. The Kier molecular flexibility index (Phi) is 2.88. The van der Waals surface area contributed by atoms with Crippen molar-refractivity contribution in [2.24, 2.45) is 5.92 Å². The summed E-state index contributed by atoms with van der Waals surface area (Å²) in [5.74, 6) is 1.57. The average Bonchev–Trinajstić information content (AvgIpc) is 2.78. The molecule has 1 aliphatic rings. The fourth-order valence-corrected chi connectivity index (χ4v) is 2.45. The first-order chi connectivity index (χ1) is 6.66. The molecule has 1 aromatic heterocycles. The molecule has 1 N–H and O–H groups in total. The molecule has 0 bridgehead atoms. The summed E-state index contributed by atoms with van der Waals surface area (Å²) in [5.41, 5.74) is 1.32. The molecule has 0 radical (unpaired) electrons. The predicted molar refractivity (Wildman–Crippen MR) is 60.8 cm³/mol. The third kappa shape index (κ3) is 2.34. The largest absolute Gasteiger partial charge is 0.314 e. The third-order valence-corrected chi connectivity index (χ3v) is 3.52. The van der Waals surface area contributed by atoms with Gasteiger partial charge in [-0.15, -0.1) is 11.3 Å². The Hall–Kier alpha value is -0.410. The fraction of sp³-hybridized carbons (Fsp3) is 0.727. The number of hydrogen-bond acceptors (Lipinski definition) is 3. The van der Waals surface area contributed by atoms with Gasteiger partial charge < -0.3 is 5.32 Å². The van der Waals surface area contributed by atoms with Gasteiger partial charge in [-0.2, -0.15) is 0 Å². The molecule has 0 spiro atoms. The Labute approximate surface area is 89.8 Å². The first-order valence-electron chi connectivity index (χ1n) is 5.32. The molecule has 2 atom stereocenters. The van der Waals surface area contributed by atoms with Crippen LogP contribution in [0, 0.1) is 12.8 Å². The lowest BCUT2D eigenvalue weighted by atomic mass is 10.2. The van der Waals surface area contributed by atoms with Crippen LogP contribution in [0.5, 0.6) is 0 Å². The van der Waals surface area contributed by atoms with Crippen LogP contribution in [0.4, 0.5) is 0 Å². The summed E-state index contributed by atoms with van der Waals surface area (Å²) in [4.78, 5) is 4.54. The molecule has 14 heavy (non-hydrogen) atoms. The summed E-state index contributed by atoms with van der Waals surface area (Å²) in [7, 11) is 0. The predicted octanol–water partition coefficient (Wildman–Crippen LogP) is 2.55. The van der Waals surface area contributed by atoms with Crippen LogP contribution in [-0.4, -0.2) is 17.6 Å². The summed E-state index contributed by atoms with van der Waals surface area (Å²) in [6.07, 6.45) is 1.32. The Morgan fingerprint density at radius 2 is 2.43 bits per heavy atom. The summed E-state index contributed by atoms with van der Waals surface area (Å²) in [6.45, 7) is 7.63. The molecule has 0 saturated heterocycles. The van der Waals surface area contributed by atoms with Crippen LogP contribution >= 0.6 is 11.3 Å². The van der Waals surface area contributed by atoms with Crippen LogP contribution in [0.25, 0.3) is 0 Å². The van der Waals surface area contributed by atoms with Gasteiger partial charge in [0.2, 0.25) is 0 Å². The second-order valence-electron chi connectivity index (χ2n) is 4.46. The Bertz CT molecular complexity index is 306. The van der Waals surface area contributed by atoms with Gasteiger partial charge in [0, 0.05) is 17.3 Å². The van der Waals surface area contributed by atoms with E-state index in [0.29, 0.717) is 6.04 Å². The lowest BCUT2D eigenvalue weighted by Gasteiger charge is -2.06. The molecule has 1 heterocycles. The van der Waals surface area contributed by atoms with Gasteiger partial charge in [-0.25, -0.2) is 4.98 Å². The van der Waals surface area contributed by atoms with Crippen LogP contribution in [0.15, 0.2) is 5.38 Å². The SMILES string of the molecule is Cc1nc(C2CC2CNC(C)C)cs1. The van der Waals surface area contributed by atoms with E-state index in [1.54, 1.807) is 11.3 Å². The van der Waals surface area contributed by atoms with Crippen LogP contribution in [0.3, 0.4) is 0 Å². The van der Waals surface area contributed by atoms with Crippen molar-refractivity contribution in [3.8, 4) is 0 Å². The Morgan fingerprint density at radius 1 is 1.64 bits per heavy atom. The van der Waals surface area contributed by atoms with E-state index in [-0.39, 0.29) is 0 Å². The van der Waals surface area contributed by atoms with Gasteiger partial charge in [0.25, 0.3) is 0 Å². The van der Waals surface area contributed by atoms with Gasteiger partial charge in [-0.1, -0.05) is 13.8 Å². The average molecular weight is 210 g/mol. The molecular formula is C11H18N2S. The molecular weight excluding hydrogens is 192 g/mol. The summed E-state index contributed by atoms with van der Waals surface area (Å²) < 4.78 is 0. The first-order valence-corrected chi connectivity index (χ1v) is 6.20. The molecule has 3 heteroatoms. The maximum atomic E-state index is 4.54. The maximum absolute atomic E-state index is 4.54. The van der Waals surface area contributed by atoms with Crippen molar-refractivity contribution in [2.75, 3.05) is 6.54 Å². The number of nitrogens with one attached hydrogen (secondary N) is 1. The molecule has 0 aliphatic heterocycles. The smallest absolute Gasteiger partial charge is 0.0897 e. The van der Waals surface area contributed by atoms with Gasteiger partial charge in [0.15, 0.2) is 0 Å². The van der Waals surface area contributed by atoms with E-state index in [0.717, 1.165) is 18.4 Å². The highest BCUT2D eigenvalue weighted by Gasteiger charge is 2.39. The molecule has 0 aromatic carbocycles. The van der Waals surface area contributed by atoms with E-state index in [1.807, 2.05) is 0 Å². The lowest BCUT2D eigenvalue weighted by Crippen LogP contribution is -2.25. The molecule has 1 aliphatic carbocycles. The maximum Gasteiger partial charge on any atom is 0.0897 e. The van der Waals surface area contributed by atoms with E-state index in [4.69, 9.17) is 0 Å². The monoisotopic (exact) mass is 210 g/mol. The van der Waals surface area contributed by atoms with E-state index >= 15 is 0 Å². The number of rotatable bonds is 4. The molecule has 2 nitrogen and oxygen atoms in total. The van der Waals surface area contributed by atoms with Crippen LogP contribution in [0.1, 0.15) is 36.9 Å². The minimum atomic E-state index is 0.605. The number of nitrogens with zero attached hydrogens (tertiary/aromatic N) is 1. The molecule has 1 fully saturated rings. The highest BCUT2D eigenvalue weighted by atomic mass is 32.1. The highest BCUT2D eigenvalue weighted by molar-refractivity contribution is 7.09. The van der Waals surface area contributed by atoms with Crippen molar-refractivity contribution in [1.29, 1.82) is 0 Å². The van der Waals surface area contributed by atoms with E-state index < -0.39 is 0 Å². The minimum absolute atomic E-state index is 0.605. The molecule has 2 rings (SSSR count). The van der Waals surface area contributed by atoms with E-state index in [1.165, 1.54) is 17.1 Å². The number of hydrogen-bond donors (Lipinski definition) is 1. The molecule has 0 amide bonds. The minimum Gasteiger partial charge on any atom is -0.314 e. The van der Waals surface area contributed by atoms with Crippen molar-refractivity contribution < 1.29 is 0 Å². The third-order valence-electron chi connectivity index (χ3n) is 2.73. The van der Waals surface area contributed by atoms with Gasteiger partial charge in [-0.3, -0.25) is 0 Å². The standard InChI is InChI=1S/C11H18N2S/c1-7(2)12-5-9-4-10(9)11-6-14-8(3)13-11/h6-7,9-10,12H,4-5H2,1-3H3. The molecule has 2 unspecified atom stereocenters. The quantitative estimate of drug-likeness (QED) is 0.826. The van der Waals surface area contributed by atoms with Gasteiger partial charge in [0.05, 0.1) is 10.7 Å². The van der Waals surface area contributed by atoms with Gasteiger partial charge >= 0.3 is 0 Å². The molecule has 1 aromatic rings. The fourth-order valence-electron chi connectivity index (χ4n) is 1.77. The van der Waals surface area contributed by atoms with Crippen molar-refractivity contribution in [1.82, 2.24) is 10.3 Å². The summed E-state index contributed by atoms with van der Waals surface area (Å²) in [5, 5.41) is 6.90. The van der Waals surface area contributed by atoms with Crippen LogP contribution in [0.2, 0.25) is 0 Å². The number of aryl methyl sites for hydroxylation is 1. The van der Waals surface area contributed by atoms with E-state index in [2.05, 4.69) is 36.5 Å². The first kappa shape index (κ1) is 10.1. The van der Waals surface area contributed by atoms with Crippen molar-refractivity contribution in [2.45, 2.75) is 39.2 Å². The summed E-state index contributed by atoms with van der Waals surface area (Å²) >= 11 is 1.77. The Morgan fingerprint density at radius 3 is 3.00 bits per heavy atom. The molecule has 1 saturated carbocycles. The Balaban J connectivity index is 1.81. The van der Waals surface area contributed by atoms with E-state index in [9.17, 15) is 0 Å². The zero-order valence-corrected chi connectivity index (χ0v) is 9.90. The lowest BCUT2D eigenvalue weighted by molar-refractivity contribution is 0.554. The number of thiazole rings is 1. The summed E-state index contributed by atoms with van der Waals surface area (Å²) in [6, 6.07) is 0.605.